The van der Waals surface area contributed by atoms with Crippen molar-refractivity contribution in [1.82, 2.24) is 15.0 Å². The first-order valence-corrected chi connectivity index (χ1v) is 14.8. The molecule has 6 rings (SSSR count). The Hall–Kier alpha value is -4.51. The van der Waals surface area contributed by atoms with E-state index in [1.165, 1.54) is 0 Å². The molecule has 11 heteroatoms. The highest BCUT2D eigenvalue weighted by Crippen LogP contribution is 2.47. The van der Waals surface area contributed by atoms with Crippen molar-refractivity contribution in [3.8, 4) is 5.75 Å². The molecular formula is C33H32ClN5O5. The van der Waals surface area contributed by atoms with E-state index in [-0.39, 0.29) is 25.7 Å². The van der Waals surface area contributed by atoms with Gasteiger partial charge in [0.15, 0.2) is 12.2 Å². The van der Waals surface area contributed by atoms with Crippen molar-refractivity contribution >= 4 is 40.5 Å². The highest BCUT2D eigenvalue weighted by atomic mass is 35.5. The number of aromatic nitrogens is 3. The van der Waals surface area contributed by atoms with Crippen molar-refractivity contribution in [3.63, 3.8) is 0 Å². The number of ether oxygens (including phenoxy) is 1. The monoisotopic (exact) mass is 613 g/mol. The van der Waals surface area contributed by atoms with Crippen molar-refractivity contribution in [2.24, 2.45) is 5.92 Å². The Labute approximate surface area is 259 Å². The van der Waals surface area contributed by atoms with E-state index in [0.29, 0.717) is 52.8 Å². The third-order valence-corrected chi connectivity index (χ3v) is 8.25. The minimum atomic E-state index is -1.82. The molecular weight excluding hydrogens is 582 g/mol. The van der Waals surface area contributed by atoms with Crippen LogP contribution in [0.5, 0.6) is 5.75 Å². The standard InChI is InChI=1S/C33H32ClN5O5/c1-22(7-4-5-15-37-20-25(14-16-40)35-36-37)33(43)27-18-24(34)12-13-28(27)38(32(33)42)19-23-8-6-9-26(17-23)39-29-10-2-3-11-30(29)44-21-31(39)41/h2-4,6-13,17-18,20,22,40,43H,5,14-16,19,21H2,1H3/b7-4+/t22-,33+/m0/s1. The number of benzene rings is 3. The summed E-state index contributed by atoms with van der Waals surface area (Å²) in [5.74, 6) is -0.581. The Bertz CT molecular complexity index is 1740. The van der Waals surface area contributed by atoms with E-state index < -0.39 is 17.4 Å². The van der Waals surface area contributed by atoms with Crippen LogP contribution < -0.4 is 14.5 Å². The molecule has 2 N–H and O–H groups in total. The van der Waals surface area contributed by atoms with Crippen molar-refractivity contribution in [1.29, 1.82) is 0 Å². The molecule has 2 amide bonds. The first-order chi connectivity index (χ1) is 21.3. The highest BCUT2D eigenvalue weighted by molar-refractivity contribution is 6.31. The minimum Gasteiger partial charge on any atom is -0.482 e. The van der Waals surface area contributed by atoms with Gasteiger partial charge in [-0.25, -0.2) is 0 Å². The lowest BCUT2D eigenvalue weighted by atomic mass is 9.83. The second kappa shape index (κ2) is 12.2. The van der Waals surface area contributed by atoms with Gasteiger partial charge in [0, 0.05) is 48.0 Å². The lowest BCUT2D eigenvalue weighted by Gasteiger charge is -2.30. The van der Waals surface area contributed by atoms with Crippen LogP contribution in [0.4, 0.5) is 17.1 Å². The normalized spacial score (nSPS) is 18.5. The van der Waals surface area contributed by atoms with Crippen molar-refractivity contribution in [3.05, 3.63) is 107 Å². The van der Waals surface area contributed by atoms with Gasteiger partial charge >= 0.3 is 0 Å². The van der Waals surface area contributed by atoms with Crippen LogP contribution in [0.2, 0.25) is 5.02 Å². The highest BCUT2D eigenvalue weighted by Gasteiger charge is 2.52. The predicted molar refractivity (Wildman–Crippen MR) is 166 cm³/mol. The first-order valence-electron chi connectivity index (χ1n) is 14.4. The molecule has 3 heterocycles. The number of hydrogen-bond donors (Lipinski definition) is 2. The summed E-state index contributed by atoms with van der Waals surface area (Å²) in [6.07, 6.45) is 6.60. The number of amides is 2. The van der Waals surface area contributed by atoms with E-state index in [4.69, 9.17) is 21.4 Å². The average molecular weight is 614 g/mol. The quantitative estimate of drug-likeness (QED) is 0.252. The van der Waals surface area contributed by atoms with Crippen LogP contribution in [0, 0.1) is 5.92 Å². The van der Waals surface area contributed by atoms with Gasteiger partial charge in [0.2, 0.25) is 0 Å². The van der Waals surface area contributed by atoms with Crippen molar-refractivity contribution in [2.45, 2.75) is 38.5 Å². The minimum absolute atomic E-state index is 0.0126. The summed E-state index contributed by atoms with van der Waals surface area (Å²) in [4.78, 5) is 30.1. The van der Waals surface area contributed by atoms with Crippen LogP contribution in [-0.4, -0.2) is 50.2 Å². The molecule has 0 bridgehead atoms. The number of para-hydroxylation sites is 2. The van der Waals surface area contributed by atoms with Crippen LogP contribution in [-0.2, 0) is 34.7 Å². The molecule has 2 aliphatic rings. The number of allylic oxidation sites excluding steroid dienone is 1. The van der Waals surface area contributed by atoms with Gasteiger partial charge in [0.1, 0.15) is 5.75 Å². The number of fused-ring (bicyclic) bond motifs is 2. The summed E-state index contributed by atoms with van der Waals surface area (Å²) in [5, 5.41) is 29.6. The number of hydrogen-bond acceptors (Lipinski definition) is 7. The molecule has 3 aromatic carbocycles. The van der Waals surface area contributed by atoms with E-state index in [2.05, 4.69) is 10.3 Å². The lowest BCUT2D eigenvalue weighted by molar-refractivity contribution is -0.139. The maximum absolute atomic E-state index is 14.0. The predicted octanol–water partition coefficient (Wildman–Crippen LogP) is 4.54. The Morgan fingerprint density at radius 2 is 1.93 bits per heavy atom. The van der Waals surface area contributed by atoms with Gasteiger partial charge in [0.05, 0.1) is 23.6 Å². The number of aryl methyl sites for hydroxylation is 1. The summed E-state index contributed by atoms with van der Waals surface area (Å²) in [6.45, 7) is 2.50. The number of carbonyl (C=O) groups is 2. The number of aliphatic hydroxyl groups excluding tert-OH is 1. The zero-order valence-electron chi connectivity index (χ0n) is 24.1. The number of anilines is 3. The average Bonchev–Trinajstić information content (AvgIpc) is 3.56. The molecule has 2 atom stereocenters. The maximum Gasteiger partial charge on any atom is 0.269 e. The molecule has 226 valence electrons. The van der Waals surface area contributed by atoms with Crippen LogP contribution in [0.15, 0.2) is 85.1 Å². The summed E-state index contributed by atoms with van der Waals surface area (Å²) < 4.78 is 7.30. The Kier molecular flexibility index (Phi) is 8.22. The Morgan fingerprint density at radius 3 is 2.77 bits per heavy atom. The number of aliphatic hydroxyl groups is 2. The summed E-state index contributed by atoms with van der Waals surface area (Å²) in [5.41, 5.74) is 2.03. The van der Waals surface area contributed by atoms with Crippen LogP contribution in [0.3, 0.4) is 0 Å². The summed E-state index contributed by atoms with van der Waals surface area (Å²) in [7, 11) is 0. The fourth-order valence-corrected chi connectivity index (χ4v) is 5.93. The van der Waals surface area contributed by atoms with E-state index in [9.17, 15) is 14.7 Å². The third-order valence-electron chi connectivity index (χ3n) is 8.01. The molecule has 0 aliphatic carbocycles. The van der Waals surface area contributed by atoms with Gasteiger partial charge in [0.25, 0.3) is 11.8 Å². The Morgan fingerprint density at radius 1 is 1.09 bits per heavy atom. The Balaban J connectivity index is 1.23. The number of carbonyl (C=O) groups excluding carboxylic acids is 2. The van der Waals surface area contributed by atoms with E-state index in [1.54, 1.807) is 45.8 Å². The molecule has 0 saturated carbocycles. The van der Waals surface area contributed by atoms with E-state index >= 15 is 0 Å². The van der Waals surface area contributed by atoms with Gasteiger partial charge in [-0.05, 0) is 54.4 Å². The largest absolute Gasteiger partial charge is 0.482 e. The van der Waals surface area contributed by atoms with Crippen LogP contribution in [0.1, 0.15) is 30.2 Å². The van der Waals surface area contributed by atoms with Gasteiger partial charge in [-0.1, -0.05) is 60.2 Å². The van der Waals surface area contributed by atoms with Crippen molar-refractivity contribution in [2.75, 3.05) is 23.0 Å². The molecule has 0 radical (unpaired) electrons. The number of nitrogens with zero attached hydrogens (tertiary/aromatic N) is 5. The maximum atomic E-state index is 14.0. The summed E-state index contributed by atoms with van der Waals surface area (Å²) >= 11 is 6.35. The van der Waals surface area contributed by atoms with Gasteiger partial charge in [-0.3, -0.25) is 19.2 Å². The number of rotatable bonds is 10. The van der Waals surface area contributed by atoms with Gasteiger partial charge < -0.3 is 19.8 Å². The smallest absolute Gasteiger partial charge is 0.269 e. The fraction of sp³-hybridized carbons (Fsp3) is 0.273. The lowest BCUT2D eigenvalue weighted by Crippen LogP contribution is -2.44. The molecule has 0 spiro atoms. The second-order valence-electron chi connectivity index (χ2n) is 10.9. The third kappa shape index (κ3) is 5.47. The SMILES string of the molecule is C[C@@H](/C=C/CCn1cc(CCO)nn1)[C@]1(O)C(=O)N(Cc2cccc(N3C(=O)COc4ccccc43)c2)c2ccc(Cl)cc21. The molecule has 2 aliphatic heterocycles. The van der Waals surface area contributed by atoms with Gasteiger partial charge in [-0.2, -0.15) is 0 Å². The molecule has 0 saturated heterocycles. The van der Waals surface area contributed by atoms with E-state index in [0.717, 1.165) is 11.3 Å². The van der Waals surface area contributed by atoms with Gasteiger partial charge in [-0.15, -0.1) is 5.10 Å². The summed E-state index contributed by atoms with van der Waals surface area (Å²) in [6, 6.07) is 19.9. The van der Waals surface area contributed by atoms with Crippen LogP contribution in [0.25, 0.3) is 0 Å². The number of halogens is 1. The van der Waals surface area contributed by atoms with E-state index in [1.807, 2.05) is 60.7 Å². The molecule has 44 heavy (non-hydrogen) atoms. The zero-order valence-corrected chi connectivity index (χ0v) is 24.9. The zero-order chi connectivity index (χ0) is 30.8. The molecule has 1 aromatic heterocycles. The van der Waals surface area contributed by atoms with Crippen LogP contribution >= 0.6 is 11.6 Å². The first kappa shape index (κ1) is 29.6. The molecule has 0 fully saturated rings. The fourth-order valence-electron chi connectivity index (χ4n) is 5.76. The molecule has 0 unspecified atom stereocenters. The second-order valence-corrected chi connectivity index (χ2v) is 11.4. The topological polar surface area (TPSA) is 121 Å². The molecule has 10 nitrogen and oxygen atoms in total. The van der Waals surface area contributed by atoms with Crippen molar-refractivity contribution < 1.29 is 24.5 Å². The molecule has 4 aromatic rings.